The predicted molar refractivity (Wildman–Crippen MR) is 199 cm³/mol. The molecule has 1 atom stereocenters. The predicted octanol–water partition coefficient (Wildman–Crippen LogP) is 7.85. The van der Waals surface area contributed by atoms with E-state index in [1.54, 1.807) is 0 Å². The van der Waals surface area contributed by atoms with Gasteiger partial charge in [-0.15, -0.1) is 0 Å². The molecule has 1 saturated heterocycles. The number of nitrogens with zero attached hydrogens (tertiary/aromatic N) is 4. The number of nitro groups is 1. The Morgan fingerprint density at radius 1 is 0.959 bits per heavy atom. The Bertz CT molecular complexity index is 1390. The summed E-state index contributed by atoms with van der Waals surface area (Å²) in [5.74, 6) is 1.57. The largest absolute Gasteiger partial charge is 0.494 e. The van der Waals surface area contributed by atoms with Crippen molar-refractivity contribution in [2.45, 2.75) is 76.7 Å². The molecule has 1 aliphatic heterocycles. The van der Waals surface area contributed by atoms with E-state index in [1.807, 2.05) is 30.5 Å². The number of halogens is 1. The maximum absolute atomic E-state index is 11.2. The topological polar surface area (TPSA) is 95.8 Å². The molecule has 0 amide bonds. The number of hydrogen-bond acceptors (Lipinski definition) is 8. The molecule has 2 aromatic carbocycles. The van der Waals surface area contributed by atoms with Crippen LogP contribution in [0.3, 0.4) is 0 Å². The van der Waals surface area contributed by atoms with Gasteiger partial charge in [0.1, 0.15) is 5.75 Å². The number of benzene rings is 2. The average Bonchev–Trinajstić information content (AvgIpc) is 3.11. The summed E-state index contributed by atoms with van der Waals surface area (Å²) in [5.41, 5.74) is 3.61. The van der Waals surface area contributed by atoms with E-state index in [0.29, 0.717) is 25.5 Å². The Morgan fingerprint density at radius 2 is 1.71 bits per heavy atom. The molecule has 0 spiro atoms. The molecule has 3 aromatic rings. The summed E-state index contributed by atoms with van der Waals surface area (Å²) in [6.45, 7) is 7.20. The fourth-order valence-electron chi connectivity index (χ4n) is 6.34. The fraction of sp³-hybridized carbons (Fsp3) is 0.513. The lowest BCUT2D eigenvalue weighted by molar-refractivity contribution is -0.404. The highest BCUT2D eigenvalue weighted by atomic mass is 35.5. The lowest BCUT2D eigenvalue weighted by Gasteiger charge is -2.26. The van der Waals surface area contributed by atoms with Crippen LogP contribution in [-0.4, -0.2) is 72.6 Å². The van der Waals surface area contributed by atoms with Crippen molar-refractivity contribution in [3.05, 3.63) is 117 Å². The molecule has 0 bridgehead atoms. The molecule has 49 heavy (non-hydrogen) atoms. The van der Waals surface area contributed by atoms with Gasteiger partial charge in [0.05, 0.1) is 11.5 Å². The van der Waals surface area contributed by atoms with Crippen molar-refractivity contribution >= 4 is 11.6 Å². The van der Waals surface area contributed by atoms with E-state index in [1.165, 1.54) is 49.9 Å². The maximum Gasteiger partial charge on any atom is 0.274 e. The van der Waals surface area contributed by atoms with Crippen LogP contribution in [0.25, 0.3) is 0 Å². The first-order valence-electron chi connectivity index (χ1n) is 18.1. The van der Waals surface area contributed by atoms with E-state index in [-0.39, 0.29) is 5.92 Å². The second kappa shape index (κ2) is 22.1. The molecule has 0 aliphatic carbocycles. The van der Waals surface area contributed by atoms with Gasteiger partial charge in [-0.05, 0) is 119 Å². The summed E-state index contributed by atoms with van der Waals surface area (Å²) >= 11 is 6.14. The van der Waals surface area contributed by atoms with E-state index >= 15 is 0 Å². The molecular weight excluding hydrogens is 636 g/mol. The zero-order valence-corrected chi connectivity index (χ0v) is 30.0. The van der Waals surface area contributed by atoms with Crippen LogP contribution >= 0.6 is 11.6 Å². The summed E-state index contributed by atoms with van der Waals surface area (Å²) in [6, 6.07) is 22.6. The van der Waals surface area contributed by atoms with Gasteiger partial charge in [0.2, 0.25) is 0 Å². The molecule has 10 heteroatoms. The van der Waals surface area contributed by atoms with Crippen molar-refractivity contribution in [2.24, 2.45) is 0 Å². The van der Waals surface area contributed by atoms with Gasteiger partial charge in [0, 0.05) is 42.5 Å². The van der Waals surface area contributed by atoms with Gasteiger partial charge in [0.25, 0.3) is 6.20 Å². The first kappa shape index (κ1) is 38.1. The van der Waals surface area contributed by atoms with E-state index in [0.717, 1.165) is 80.8 Å². The fourth-order valence-corrected chi connectivity index (χ4v) is 6.46. The first-order chi connectivity index (χ1) is 24.0. The Morgan fingerprint density at radius 3 is 2.47 bits per heavy atom. The van der Waals surface area contributed by atoms with E-state index in [9.17, 15) is 10.1 Å². The van der Waals surface area contributed by atoms with Gasteiger partial charge in [0.15, 0.2) is 5.82 Å². The van der Waals surface area contributed by atoms with Gasteiger partial charge in [-0.3, -0.25) is 20.0 Å². The van der Waals surface area contributed by atoms with Crippen molar-refractivity contribution in [3.8, 4) is 5.75 Å². The second-order valence-electron chi connectivity index (χ2n) is 13.1. The highest BCUT2D eigenvalue weighted by molar-refractivity contribution is 6.30. The van der Waals surface area contributed by atoms with Crippen molar-refractivity contribution < 1.29 is 9.66 Å². The number of nitrogens with one attached hydrogen (secondary N) is 2. The average molecular weight is 691 g/mol. The van der Waals surface area contributed by atoms with Gasteiger partial charge < -0.3 is 20.3 Å². The summed E-state index contributed by atoms with van der Waals surface area (Å²) in [4.78, 5) is 20.3. The number of piperidine rings is 1. The van der Waals surface area contributed by atoms with Crippen LogP contribution in [0.5, 0.6) is 5.75 Å². The third kappa shape index (κ3) is 15.2. The van der Waals surface area contributed by atoms with Crippen LogP contribution < -0.4 is 15.4 Å². The number of hydrogen-bond donors (Lipinski definition) is 2. The van der Waals surface area contributed by atoms with Crippen LogP contribution in [0, 0.1) is 10.1 Å². The Hall–Kier alpha value is -3.66. The minimum Gasteiger partial charge on any atom is -0.494 e. The van der Waals surface area contributed by atoms with Crippen molar-refractivity contribution in [1.29, 1.82) is 0 Å². The minimum absolute atomic E-state index is 0.238. The van der Waals surface area contributed by atoms with Gasteiger partial charge in [-0.1, -0.05) is 67.6 Å². The smallest absolute Gasteiger partial charge is 0.274 e. The molecule has 2 N–H and O–H groups in total. The quantitative estimate of drug-likeness (QED) is 0.0590. The van der Waals surface area contributed by atoms with E-state index in [2.05, 4.69) is 74.9 Å². The number of ether oxygens (including phenoxy) is 1. The Kier molecular flexibility index (Phi) is 17.2. The molecular formula is C39H55ClN6O3. The lowest BCUT2D eigenvalue weighted by Crippen LogP contribution is -2.29. The number of likely N-dealkylation sites (tertiary alicyclic amines) is 1. The minimum atomic E-state index is -0.412. The molecule has 0 radical (unpaired) electrons. The molecule has 0 saturated carbocycles. The Balaban J connectivity index is 1.05. The molecule has 1 fully saturated rings. The van der Waals surface area contributed by atoms with Crippen LogP contribution in [0.2, 0.25) is 5.02 Å². The molecule has 9 nitrogen and oxygen atoms in total. The zero-order chi connectivity index (χ0) is 34.5. The first-order valence-corrected chi connectivity index (χ1v) is 18.5. The maximum atomic E-state index is 11.2. The highest BCUT2D eigenvalue weighted by Crippen LogP contribution is 2.28. The normalized spacial score (nSPS) is 14.5. The number of unbranched alkanes of at least 4 members (excludes halogenated alkanes) is 4. The van der Waals surface area contributed by atoms with Crippen LogP contribution in [-0.2, 0) is 6.54 Å². The monoisotopic (exact) mass is 690 g/mol. The van der Waals surface area contributed by atoms with Crippen LogP contribution in [0.15, 0.2) is 84.9 Å². The lowest BCUT2D eigenvalue weighted by atomic mass is 9.92. The molecule has 4 rings (SSSR count). The van der Waals surface area contributed by atoms with Crippen LogP contribution in [0.1, 0.15) is 86.9 Å². The van der Waals surface area contributed by atoms with Crippen molar-refractivity contribution in [2.75, 3.05) is 52.9 Å². The molecule has 1 unspecified atom stereocenters. The van der Waals surface area contributed by atoms with E-state index < -0.39 is 4.92 Å². The molecule has 1 aliphatic rings. The molecule has 2 heterocycles. The highest BCUT2D eigenvalue weighted by Gasteiger charge is 2.16. The van der Waals surface area contributed by atoms with Crippen molar-refractivity contribution in [3.63, 3.8) is 0 Å². The number of aromatic nitrogens is 1. The second-order valence-corrected chi connectivity index (χ2v) is 13.5. The zero-order valence-electron chi connectivity index (χ0n) is 29.2. The van der Waals surface area contributed by atoms with E-state index in [4.69, 9.17) is 16.3 Å². The summed E-state index contributed by atoms with van der Waals surface area (Å²) in [5, 5.41) is 18.3. The van der Waals surface area contributed by atoms with Gasteiger partial charge in [-0.2, -0.15) is 0 Å². The van der Waals surface area contributed by atoms with Crippen molar-refractivity contribution in [1.82, 2.24) is 25.4 Å². The SMILES string of the molecule is CN(CCCCCCCN/C(=C/[N+](=O)[O-])NCCCOc1cccc(CN2CCCCC2)c1)CCC(c1ccc(Cl)cc1)c1ccccn1. The third-order valence-electron chi connectivity index (χ3n) is 9.04. The third-order valence-corrected chi connectivity index (χ3v) is 9.29. The Labute approximate surface area is 298 Å². The van der Waals surface area contributed by atoms with Crippen LogP contribution in [0.4, 0.5) is 0 Å². The summed E-state index contributed by atoms with van der Waals surface area (Å²) in [7, 11) is 2.19. The van der Waals surface area contributed by atoms with Gasteiger partial charge >= 0.3 is 0 Å². The molecule has 266 valence electrons. The standard InChI is InChI=1S/C39H55ClN6O3/c1-44(28-21-37(38-16-6-8-22-41-38)34-17-19-35(40)20-18-34)25-9-4-2-3-7-23-42-39(32-46(47)48)43-24-13-29-49-36-15-12-14-33(30-36)31-45-26-10-5-11-27-45/h6,8,12,14-20,22,30,32,37,42-43H,2-5,7,9-11,13,21,23-29,31H2,1H3/b39-32-. The van der Waals surface area contributed by atoms with Gasteiger partial charge in [-0.25, -0.2) is 0 Å². The molecule has 1 aromatic heterocycles. The number of rotatable bonds is 23. The number of pyridine rings is 1. The summed E-state index contributed by atoms with van der Waals surface area (Å²) in [6.07, 6.45) is 14.1. The summed E-state index contributed by atoms with van der Waals surface area (Å²) < 4.78 is 5.98.